The van der Waals surface area contributed by atoms with Crippen LogP contribution in [0.3, 0.4) is 0 Å². The largest absolute Gasteiger partial charge is 0.345 e. The van der Waals surface area contributed by atoms with E-state index in [1.807, 2.05) is 12.1 Å². The number of H-pyrrole nitrogens is 1. The Balaban J connectivity index is 2.57. The molecule has 0 amide bonds. The predicted molar refractivity (Wildman–Crippen MR) is 48.0 cm³/mol. The third kappa shape index (κ3) is 0.885. The highest BCUT2D eigenvalue weighted by Gasteiger charge is 1.99. The average molecular weight is 169 g/mol. The molecule has 0 aliphatic rings. The first-order valence-corrected chi connectivity index (χ1v) is 3.89. The second-order valence-electron chi connectivity index (χ2n) is 2.80. The molecule has 0 saturated carbocycles. The summed E-state index contributed by atoms with van der Waals surface area (Å²) in [6, 6.07) is 3.89. The SMILES string of the molecule is [c]1ncc2cc3nc[nH]c3cc2n1. The van der Waals surface area contributed by atoms with E-state index in [-0.39, 0.29) is 0 Å². The summed E-state index contributed by atoms with van der Waals surface area (Å²) in [4.78, 5) is 15.0. The van der Waals surface area contributed by atoms with Crippen LogP contribution in [0.5, 0.6) is 0 Å². The smallest absolute Gasteiger partial charge is 0.198 e. The molecule has 4 nitrogen and oxygen atoms in total. The van der Waals surface area contributed by atoms with Gasteiger partial charge in [0, 0.05) is 11.6 Å². The lowest BCUT2D eigenvalue weighted by molar-refractivity contribution is 1.20. The van der Waals surface area contributed by atoms with Gasteiger partial charge in [-0.25, -0.2) is 15.0 Å². The van der Waals surface area contributed by atoms with E-state index in [9.17, 15) is 0 Å². The van der Waals surface area contributed by atoms with Crippen LogP contribution in [0, 0.1) is 6.33 Å². The molecule has 0 atom stereocenters. The van der Waals surface area contributed by atoms with Crippen molar-refractivity contribution < 1.29 is 0 Å². The molecule has 3 aromatic rings. The number of aromatic amines is 1. The Kier molecular flexibility index (Phi) is 1.14. The monoisotopic (exact) mass is 169 g/mol. The second-order valence-corrected chi connectivity index (χ2v) is 2.80. The number of hydrogen-bond donors (Lipinski definition) is 1. The Morgan fingerprint density at radius 1 is 1.23 bits per heavy atom. The Labute approximate surface area is 73.7 Å². The molecule has 0 aliphatic carbocycles. The molecule has 1 N–H and O–H groups in total. The van der Waals surface area contributed by atoms with E-state index in [0.717, 1.165) is 21.9 Å². The summed E-state index contributed by atoms with van der Waals surface area (Å²) in [6.07, 6.45) is 5.96. The maximum atomic E-state index is 4.15. The number of nitrogens with zero attached hydrogens (tertiary/aromatic N) is 3. The number of rotatable bonds is 0. The van der Waals surface area contributed by atoms with Gasteiger partial charge in [0.05, 0.1) is 22.9 Å². The van der Waals surface area contributed by atoms with E-state index < -0.39 is 0 Å². The molecule has 1 radical (unpaired) electrons. The highest BCUT2D eigenvalue weighted by molar-refractivity contribution is 5.92. The minimum Gasteiger partial charge on any atom is -0.345 e. The Morgan fingerprint density at radius 2 is 2.23 bits per heavy atom. The summed E-state index contributed by atoms with van der Waals surface area (Å²) in [5, 5.41) is 0.985. The molecule has 0 saturated heterocycles. The van der Waals surface area contributed by atoms with Gasteiger partial charge in [0.25, 0.3) is 0 Å². The molecule has 0 bridgehead atoms. The van der Waals surface area contributed by atoms with Gasteiger partial charge in [-0.1, -0.05) is 0 Å². The fraction of sp³-hybridized carbons (Fsp3) is 0. The van der Waals surface area contributed by atoms with Gasteiger partial charge in [-0.15, -0.1) is 0 Å². The Morgan fingerprint density at radius 3 is 3.23 bits per heavy atom. The second kappa shape index (κ2) is 2.26. The van der Waals surface area contributed by atoms with Crippen LogP contribution in [0.4, 0.5) is 0 Å². The van der Waals surface area contributed by atoms with Crippen molar-refractivity contribution >= 4 is 21.9 Å². The molecule has 3 rings (SSSR count). The molecule has 61 valence electrons. The fourth-order valence-corrected chi connectivity index (χ4v) is 1.37. The predicted octanol–water partition coefficient (Wildman–Crippen LogP) is 1.31. The van der Waals surface area contributed by atoms with Crippen molar-refractivity contribution in [2.75, 3.05) is 0 Å². The third-order valence-corrected chi connectivity index (χ3v) is 2.00. The van der Waals surface area contributed by atoms with Gasteiger partial charge in [-0.2, -0.15) is 0 Å². The number of fused-ring (bicyclic) bond motifs is 2. The molecule has 0 unspecified atom stereocenters. The molecule has 0 fully saturated rings. The van der Waals surface area contributed by atoms with Gasteiger partial charge < -0.3 is 4.98 Å². The standard InChI is InChI=1S/C9H5N4/c1-6-3-10-4-11-7(6)2-9-8(1)12-5-13-9/h1-3,5H,(H,12,13). The molecular formula is C9H5N4. The maximum Gasteiger partial charge on any atom is 0.198 e. The van der Waals surface area contributed by atoms with Crippen LogP contribution in [0.2, 0.25) is 0 Å². The molecule has 2 aromatic heterocycles. The number of nitrogens with one attached hydrogen (secondary N) is 1. The first-order chi connectivity index (χ1) is 6.43. The van der Waals surface area contributed by atoms with E-state index in [2.05, 4.69) is 26.3 Å². The van der Waals surface area contributed by atoms with E-state index in [0.29, 0.717) is 0 Å². The van der Waals surface area contributed by atoms with Crippen LogP contribution in [-0.4, -0.2) is 19.9 Å². The maximum absolute atomic E-state index is 4.15. The van der Waals surface area contributed by atoms with Crippen molar-refractivity contribution in [1.82, 2.24) is 19.9 Å². The molecule has 2 heterocycles. The highest BCUT2D eigenvalue weighted by Crippen LogP contribution is 2.16. The lowest BCUT2D eigenvalue weighted by Crippen LogP contribution is -1.81. The Bertz CT molecular complexity index is 520. The molecular weight excluding hydrogens is 164 g/mol. The first-order valence-electron chi connectivity index (χ1n) is 3.89. The molecule has 0 spiro atoms. The van der Waals surface area contributed by atoms with Crippen molar-refractivity contribution in [3.05, 3.63) is 31.0 Å². The number of benzene rings is 1. The Hall–Kier alpha value is -1.97. The van der Waals surface area contributed by atoms with Crippen LogP contribution >= 0.6 is 0 Å². The van der Waals surface area contributed by atoms with Crippen molar-refractivity contribution in [1.29, 1.82) is 0 Å². The third-order valence-electron chi connectivity index (χ3n) is 2.00. The van der Waals surface area contributed by atoms with Gasteiger partial charge in [0.2, 0.25) is 0 Å². The van der Waals surface area contributed by atoms with Crippen LogP contribution in [0.1, 0.15) is 0 Å². The lowest BCUT2D eigenvalue weighted by atomic mass is 10.2. The number of imidazole rings is 1. The van der Waals surface area contributed by atoms with Crippen molar-refractivity contribution in [2.45, 2.75) is 0 Å². The van der Waals surface area contributed by atoms with Crippen LogP contribution in [0.25, 0.3) is 21.9 Å². The van der Waals surface area contributed by atoms with Crippen LogP contribution in [0.15, 0.2) is 24.7 Å². The van der Waals surface area contributed by atoms with Crippen molar-refractivity contribution in [2.24, 2.45) is 0 Å². The topological polar surface area (TPSA) is 54.5 Å². The zero-order valence-corrected chi connectivity index (χ0v) is 6.65. The molecule has 4 heteroatoms. The summed E-state index contributed by atoms with van der Waals surface area (Å²) >= 11 is 0. The summed E-state index contributed by atoms with van der Waals surface area (Å²) < 4.78 is 0. The first kappa shape index (κ1) is 6.54. The molecule has 13 heavy (non-hydrogen) atoms. The summed E-state index contributed by atoms with van der Waals surface area (Å²) in [5.41, 5.74) is 2.80. The average Bonchev–Trinajstić information content (AvgIpc) is 2.61. The summed E-state index contributed by atoms with van der Waals surface area (Å²) in [6.45, 7) is 0. The molecule has 1 aromatic carbocycles. The highest BCUT2D eigenvalue weighted by atomic mass is 14.9. The van der Waals surface area contributed by atoms with Gasteiger partial charge in [0.1, 0.15) is 0 Å². The number of hydrogen-bond acceptors (Lipinski definition) is 3. The van der Waals surface area contributed by atoms with E-state index in [4.69, 9.17) is 0 Å². The zero-order valence-electron chi connectivity index (χ0n) is 6.65. The van der Waals surface area contributed by atoms with Crippen molar-refractivity contribution in [3.63, 3.8) is 0 Å². The van der Waals surface area contributed by atoms with E-state index in [1.54, 1.807) is 12.5 Å². The number of aromatic nitrogens is 4. The van der Waals surface area contributed by atoms with Crippen molar-refractivity contribution in [3.8, 4) is 0 Å². The molecule has 0 aliphatic heterocycles. The minimum atomic E-state index is 0.881. The fourth-order valence-electron chi connectivity index (χ4n) is 1.37. The van der Waals surface area contributed by atoms with Gasteiger partial charge in [0.15, 0.2) is 6.33 Å². The van der Waals surface area contributed by atoms with E-state index >= 15 is 0 Å². The summed E-state index contributed by atoms with van der Waals surface area (Å²) in [5.74, 6) is 0. The van der Waals surface area contributed by atoms with Gasteiger partial charge in [-0.05, 0) is 12.1 Å². The van der Waals surface area contributed by atoms with E-state index in [1.165, 1.54) is 0 Å². The lowest BCUT2D eigenvalue weighted by Gasteiger charge is -1.93. The summed E-state index contributed by atoms with van der Waals surface area (Å²) in [7, 11) is 0. The van der Waals surface area contributed by atoms with Gasteiger partial charge in [-0.3, -0.25) is 0 Å². The minimum absolute atomic E-state index is 0.881. The van der Waals surface area contributed by atoms with Gasteiger partial charge >= 0.3 is 0 Å². The quantitative estimate of drug-likeness (QED) is 0.552. The normalized spacial score (nSPS) is 11.1. The zero-order chi connectivity index (χ0) is 8.67. The van der Waals surface area contributed by atoms with Crippen LogP contribution < -0.4 is 0 Å². The van der Waals surface area contributed by atoms with Crippen LogP contribution in [-0.2, 0) is 0 Å².